The Labute approximate surface area is 336 Å². The lowest BCUT2D eigenvalue weighted by atomic mass is 9.88. The molecule has 0 nitrogen and oxygen atoms in total. The van der Waals surface area contributed by atoms with Crippen LogP contribution in [0.4, 0.5) is 0 Å². The molecule has 268 valence electrons. The molecule has 0 spiro atoms. The molecule has 0 aliphatic carbocycles. The number of rotatable bonds is 4. The van der Waals surface area contributed by atoms with E-state index in [2.05, 4.69) is 218 Å². The van der Waals surface area contributed by atoms with Gasteiger partial charge in [0.2, 0.25) is 0 Å². The highest BCUT2D eigenvalue weighted by molar-refractivity contribution is 6.17. The highest BCUT2D eigenvalue weighted by Gasteiger charge is 2.15. The van der Waals surface area contributed by atoms with Gasteiger partial charge in [0.15, 0.2) is 0 Å². The first kappa shape index (κ1) is 32.7. The average molecular weight is 733 g/mol. The van der Waals surface area contributed by atoms with Gasteiger partial charge in [0, 0.05) is 0 Å². The predicted octanol–water partition coefficient (Wildman–Crippen LogP) is 16.4. The van der Waals surface area contributed by atoms with E-state index in [0.29, 0.717) is 0 Å². The highest BCUT2D eigenvalue weighted by Crippen LogP contribution is 2.42. The van der Waals surface area contributed by atoms with E-state index in [1.807, 2.05) is 0 Å². The van der Waals surface area contributed by atoms with Crippen LogP contribution in [0.25, 0.3) is 120 Å². The number of hydrogen-bond acceptors (Lipinski definition) is 0. The number of benzene rings is 12. The lowest BCUT2D eigenvalue weighted by Gasteiger charge is -2.16. The van der Waals surface area contributed by atoms with Gasteiger partial charge in [0.05, 0.1) is 0 Å². The smallest absolute Gasteiger partial charge is 0.00928 e. The third kappa shape index (κ3) is 5.23. The minimum atomic E-state index is 1.22. The fourth-order valence-corrected chi connectivity index (χ4v) is 9.55. The van der Waals surface area contributed by atoms with Crippen LogP contribution in [0, 0.1) is 0 Å². The third-order valence-electron chi connectivity index (χ3n) is 12.4. The van der Waals surface area contributed by atoms with Crippen molar-refractivity contribution in [2.24, 2.45) is 0 Å². The molecule has 0 unspecified atom stereocenters. The maximum atomic E-state index is 2.41. The molecule has 58 heavy (non-hydrogen) atoms. The molecule has 0 radical (unpaired) electrons. The second-order valence-corrected chi connectivity index (χ2v) is 15.6. The van der Waals surface area contributed by atoms with Gasteiger partial charge in [-0.2, -0.15) is 0 Å². The summed E-state index contributed by atoms with van der Waals surface area (Å²) in [5.41, 5.74) is 9.94. The minimum Gasteiger partial charge on any atom is -0.0616 e. The van der Waals surface area contributed by atoms with Gasteiger partial charge < -0.3 is 0 Å². The first-order chi connectivity index (χ1) is 28.7. The van der Waals surface area contributed by atoms with E-state index in [1.165, 1.54) is 120 Å². The van der Waals surface area contributed by atoms with Gasteiger partial charge in [0.1, 0.15) is 0 Å². The Morgan fingerprint density at radius 3 is 0.983 bits per heavy atom. The van der Waals surface area contributed by atoms with Crippen molar-refractivity contribution in [1.82, 2.24) is 0 Å². The maximum Gasteiger partial charge on any atom is -0.00928 e. The standard InChI is InChI=1S/C58H36/c1-5-17-47-37(11-1)15-9-21-49(47)45-27-29-53-51-19-7-3-13-41(51)33-55(57(53)35-45)43-25-23-40-32-44(26-24-39(40)31-43)56-34-42-14-4-8-20-52(42)54-30-28-46(36-58(54)56)50-22-10-16-38-12-2-6-18-48(38)50/h1-36H. The molecule has 0 amide bonds. The Morgan fingerprint density at radius 1 is 0.155 bits per heavy atom. The van der Waals surface area contributed by atoms with Crippen LogP contribution in [0.5, 0.6) is 0 Å². The van der Waals surface area contributed by atoms with Crippen molar-refractivity contribution in [3.05, 3.63) is 218 Å². The molecule has 0 heteroatoms. The van der Waals surface area contributed by atoms with Gasteiger partial charge in [-0.1, -0.05) is 182 Å². The molecule has 0 aliphatic rings. The summed E-state index contributed by atoms with van der Waals surface area (Å²) < 4.78 is 0. The Balaban J connectivity index is 1.02. The van der Waals surface area contributed by atoms with Crippen molar-refractivity contribution in [2.75, 3.05) is 0 Å². The summed E-state index contributed by atoms with van der Waals surface area (Å²) in [6.45, 7) is 0. The molecule has 0 saturated carbocycles. The third-order valence-corrected chi connectivity index (χ3v) is 12.4. The largest absolute Gasteiger partial charge is 0.0616 e. The molecular weight excluding hydrogens is 697 g/mol. The zero-order chi connectivity index (χ0) is 38.2. The van der Waals surface area contributed by atoms with Gasteiger partial charge in [-0.15, -0.1) is 0 Å². The zero-order valence-electron chi connectivity index (χ0n) is 31.8. The van der Waals surface area contributed by atoms with Crippen LogP contribution in [-0.4, -0.2) is 0 Å². The molecule has 0 heterocycles. The lowest BCUT2D eigenvalue weighted by molar-refractivity contribution is 1.66. The van der Waals surface area contributed by atoms with Gasteiger partial charge >= 0.3 is 0 Å². The second kappa shape index (κ2) is 13.0. The van der Waals surface area contributed by atoms with Crippen LogP contribution in [-0.2, 0) is 0 Å². The quantitative estimate of drug-likeness (QED) is 0.158. The summed E-state index contributed by atoms with van der Waals surface area (Å²) in [6.07, 6.45) is 0. The molecule has 0 bridgehead atoms. The summed E-state index contributed by atoms with van der Waals surface area (Å²) in [5.74, 6) is 0. The fraction of sp³-hybridized carbons (Fsp3) is 0. The van der Waals surface area contributed by atoms with Crippen LogP contribution >= 0.6 is 0 Å². The number of hydrogen-bond donors (Lipinski definition) is 0. The van der Waals surface area contributed by atoms with E-state index < -0.39 is 0 Å². The molecule has 0 fully saturated rings. The van der Waals surface area contributed by atoms with E-state index in [1.54, 1.807) is 0 Å². The zero-order valence-corrected chi connectivity index (χ0v) is 31.8. The summed E-state index contributed by atoms with van der Waals surface area (Å²) in [5, 5.41) is 17.7. The van der Waals surface area contributed by atoms with E-state index >= 15 is 0 Å². The van der Waals surface area contributed by atoms with Gasteiger partial charge in [0.25, 0.3) is 0 Å². The van der Waals surface area contributed by atoms with Crippen LogP contribution in [0.3, 0.4) is 0 Å². The van der Waals surface area contributed by atoms with Crippen LogP contribution in [0.1, 0.15) is 0 Å². The fourth-order valence-electron chi connectivity index (χ4n) is 9.55. The average Bonchev–Trinajstić information content (AvgIpc) is 3.30. The summed E-state index contributed by atoms with van der Waals surface area (Å²) in [7, 11) is 0. The van der Waals surface area contributed by atoms with Gasteiger partial charge in [-0.25, -0.2) is 0 Å². The van der Waals surface area contributed by atoms with Gasteiger partial charge in [-0.05, 0) is 156 Å². The van der Waals surface area contributed by atoms with Crippen molar-refractivity contribution in [3.8, 4) is 44.5 Å². The second-order valence-electron chi connectivity index (χ2n) is 15.6. The monoisotopic (exact) mass is 732 g/mol. The topological polar surface area (TPSA) is 0 Å². The molecule has 12 rings (SSSR count). The number of fused-ring (bicyclic) bond motifs is 9. The molecule has 0 saturated heterocycles. The molecule has 0 atom stereocenters. The van der Waals surface area contributed by atoms with E-state index in [-0.39, 0.29) is 0 Å². The molecule has 0 N–H and O–H groups in total. The van der Waals surface area contributed by atoms with Crippen LogP contribution in [0.15, 0.2) is 218 Å². The van der Waals surface area contributed by atoms with Crippen LogP contribution < -0.4 is 0 Å². The Hall–Kier alpha value is -7.54. The Kier molecular flexibility index (Phi) is 7.33. The highest BCUT2D eigenvalue weighted by atomic mass is 14.2. The summed E-state index contributed by atoms with van der Waals surface area (Å²) in [4.78, 5) is 0. The summed E-state index contributed by atoms with van der Waals surface area (Å²) >= 11 is 0. The van der Waals surface area contributed by atoms with E-state index in [4.69, 9.17) is 0 Å². The van der Waals surface area contributed by atoms with Crippen LogP contribution in [0.2, 0.25) is 0 Å². The first-order valence-electron chi connectivity index (χ1n) is 20.2. The van der Waals surface area contributed by atoms with E-state index in [0.717, 1.165) is 0 Å². The molecule has 12 aromatic rings. The first-order valence-corrected chi connectivity index (χ1v) is 20.2. The van der Waals surface area contributed by atoms with E-state index in [9.17, 15) is 0 Å². The lowest BCUT2D eigenvalue weighted by Crippen LogP contribution is -1.89. The normalized spacial score (nSPS) is 11.8. The SMILES string of the molecule is c1ccc2c(-c3ccc4c(c3)c(-c3ccc5cc(-c6cc7ccccc7c7ccc(-c8cccc9ccccc89)cc67)ccc5c3)cc3ccccc34)cccc2c1. The maximum absolute atomic E-state index is 2.41. The molecule has 12 aromatic carbocycles. The molecular formula is C58H36. The van der Waals surface area contributed by atoms with Crippen molar-refractivity contribution < 1.29 is 0 Å². The van der Waals surface area contributed by atoms with Crippen molar-refractivity contribution in [2.45, 2.75) is 0 Å². The van der Waals surface area contributed by atoms with Crippen molar-refractivity contribution in [1.29, 1.82) is 0 Å². The summed E-state index contributed by atoms with van der Waals surface area (Å²) in [6, 6.07) is 81.0. The van der Waals surface area contributed by atoms with Crippen molar-refractivity contribution in [3.63, 3.8) is 0 Å². The molecule has 0 aliphatic heterocycles. The Bertz CT molecular complexity index is 3370. The molecule has 0 aromatic heterocycles. The van der Waals surface area contributed by atoms with Gasteiger partial charge in [-0.3, -0.25) is 0 Å². The predicted molar refractivity (Wildman–Crippen MR) is 251 cm³/mol. The Morgan fingerprint density at radius 2 is 0.517 bits per heavy atom. The minimum absolute atomic E-state index is 1.22. The van der Waals surface area contributed by atoms with Crippen molar-refractivity contribution >= 4 is 75.4 Å².